The first kappa shape index (κ1) is 18.3. The number of benzene rings is 2. The Bertz CT molecular complexity index is 785. The summed E-state index contributed by atoms with van der Waals surface area (Å²) in [4.78, 5) is 8.74. The van der Waals surface area contributed by atoms with Gasteiger partial charge in [-0.05, 0) is 42.8 Å². The van der Waals surface area contributed by atoms with Gasteiger partial charge in [0.05, 0.1) is 27.3 Å². The maximum absolute atomic E-state index is 9.81. The molecule has 0 aliphatic heterocycles. The lowest BCUT2D eigenvalue weighted by Gasteiger charge is -2.07. The molecule has 0 saturated heterocycles. The van der Waals surface area contributed by atoms with Gasteiger partial charge in [0.15, 0.2) is 11.5 Å². The number of phenols is 2. The maximum atomic E-state index is 9.81. The standard InChI is InChI=1S/C19H22N2O4/c1-13(16-6-5-15(22)11-17(16)23)21-9-8-20-12-14-4-7-18(24-2)19(10-14)25-3/h4-7,10-12,22-23H,8-9H2,1-3H3. The number of phenolic OH excluding ortho intramolecular Hbond substituents is 2. The quantitative estimate of drug-likeness (QED) is 0.598. The molecule has 0 atom stereocenters. The fourth-order valence-electron chi connectivity index (χ4n) is 2.29. The molecule has 0 aromatic heterocycles. The van der Waals surface area contributed by atoms with E-state index < -0.39 is 0 Å². The summed E-state index contributed by atoms with van der Waals surface area (Å²) in [6.07, 6.45) is 1.75. The fourth-order valence-corrected chi connectivity index (χ4v) is 2.29. The van der Waals surface area contributed by atoms with Crippen molar-refractivity contribution in [2.45, 2.75) is 6.92 Å². The Morgan fingerprint density at radius 3 is 2.44 bits per heavy atom. The highest BCUT2D eigenvalue weighted by atomic mass is 16.5. The Kier molecular flexibility index (Phi) is 6.39. The van der Waals surface area contributed by atoms with Crippen LogP contribution in [0.3, 0.4) is 0 Å². The van der Waals surface area contributed by atoms with Crippen molar-refractivity contribution in [3.05, 3.63) is 47.5 Å². The van der Waals surface area contributed by atoms with Gasteiger partial charge in [0.1, 0.15) is 11.5 Å². The van der Waals surface area contributed by atoms with Crippen molar-refractivity contribution in [2.75, 3.05) is 27.3 Å². The van der Waals surface area contributed by atoms with Gasteiger partial charge in [-0.1, -0.05) is 0 Å². The molecule has 0 spiro atoms. The van der Waals surface area contributed by atoms with Gasteiger partial charge in [-0.25, -0.2) is 0 Å². The van der Waals surface area contributed by atoms with Crippen LogP contribution in [0.5, 0.6) is 23.0 Å². The third kappa shape index (κ3) is 4.97. The summed E-state index contributed by atoms with van der Waals surface area (Å²) in [5.41, 5.74) is 2.20. The Morgan fingerprint density at radius 2 is 1.76 bits per heavy atom. The van der Waals surface area contributed by atoms with E-state index in [9.17, 15) is 10.2 Å². The number of hydrogen-bond donors (Lipinski definition) is 2. The maximum Gasteiger partial charge on any atom is 0.161 e. The van der Waals surface area contributed by atoms with E-state index in [4.69, 9.17) is 9.47 Å². The van der Waals surface area contributed by atoms with Crippen LogP contribution in [-0.2, 0) is 0 Å². The lowest BCUT2D eigenvalue weighted by Crippen LogP contribution is -1.99. The zero-order valence-electron chi connectivity index (χ0n) is 14.6. The minimum atomic E-state index is 0.00933. The van der Waals surface area contributed by atoms with Crippen LogP contribution in [-0.4, -0.2) is 49.4 Å². The van der Waals surface area contributed by atoms with Crippen molar-refractivity contribution >= 4 is 11.9 Å². The van der Waals surface area contributed by atoms with Crippen LogP contribution in [0, 0.1) is 0 Å². The molecule has 2 rings (SSSR count). The monoisotopic (exact) mass is 342 g/mol. The number of aromatic hydroxyl groups is 2. The summed E-state index contributed by atoms with van der Waals surface area (Å²) >= 11 is 0. The molecule has 2 aromatic rings. The average molecular weight is 342 g/mol. The van der Waals surface area contributed by atoms with Crippen LogP contribution in [0.4, 0.5) is 0 Å². The molecule has 0 amide bonds. The van der Waals surface area contributed by atoms with E-state index in [2.05, 4.69) is 9.98 Å². The van der Waals surface area contributed by atoms with E-state index in [0.717, 1.165) is 5.56 Å². The largest absolute Gasteiger partial charge is 0.508 e. The number of nitrogens with zero attached hydrogens (tertiary/aromatic N) is 2. The van der Waals surface area contributed by atoms with Crippen LogP contribution < -0.4 is 9.47 Å². The first-order valence-corrected chi connectivity index (χ1v) is 7.80. The molecular weight excluding hydrogens is 320 g/mol. The van der Waals surface area contributed by atoms with Crippen LogP contribution in [0.15, 0.2) is 46.4 Å². The van der Waals surface area contributed by atoms with Gasteiger partial charge in [-0.3, -0.25) is 9.98 Å². The summed E-state index contributed by atoms with van der Waals surface area (Å²) in [6, 6.07) is 10.0. The van der Waals surface area contributed by atoms with Gasteiger partial charge in [-0.2, -0.15) is 0 Å². The van der Waals surface area contributed by atoms with Crippen molar-refractivity contribution in [3.8, 4) is 23.0 Å². The van der Waals surface area contributed by atoms with Gasteiger partial charge in [-0.15, -0.1) is 0 Å². The highest BCUT2D eigenvalue weighted by molar-refractivity contribution is 6.01. The second-order valence-corrected chi connectivity index (χ2v) is 5.32. The summed E-state index contributed by atoms with van der Waals surface area (Å²) in [6.45, 7) is 2.82. The van der Waals surface area contributed by atoms with E-state index in [-0.39, 0.29) is 11.5 Å². The van der Waals surface area contributed by atoms with Gasteiger partial charge in [0, 0.05) is 23.6 Å². The second kappa shape index (κ2) is 8.73. The molecule has 0 heterocycles. The highest BCUT2D eigenvalue weighted by Gasteiger charge is 2.05. The van der Waals surface area contributed by atoms with Crippen molar-refractivity contribution in [3.63, 3.8) is 0 Å². The minimum Gasteiger partial charge on any atom is -0.508 e. The van der Waals surface area contributed by atoms with Crippen LogP contribution in [0.2, 0.25) is 0 Å². The second-order valence-electron chi connectivity index (χ2n) is 5.32. The lowest BCUT2D eigenvalue weighted by molar-refractivity contribution is 0.355. The molecular formula is C19H22N2O4. The van der Waals surface area contributed by atoms with Crippen LogP contribution in [0.1, 0.15) is 18.1 Å². The smallest absolute Gasteiger partial charge is 0.161 e. The fraction of sp³-hybridized carbons (Fsp3) is 0.263. The number of rotatable bonds is 7. The minimum absolute atomic E-state index is 0.00933. The predicted molar refractivity (Wildman–Crippen MR) is 98.9 cm³/mol. The molecule has 0 unspecified atom stereocenters. The zero-order chi connectivity index (χ0) is 18.2. The van der Waals surface area contributed by atoms with Crippen molar-refractivity contribution < 1.29 is 19.7 Å². The number of ether oxygens (including phenoxy) is 2. The molecule has 0 fully saturated rings. The third-order valence-electron chi connectivity index (χ3n) is 3.60. The zero-order valence-corrected chi connectivity index (χ0v) is 14.6. The van der Waals surface area contributed by atoms with E-state index in [1.807, 2.05) is 25.1 Å². The molecule has 0 aliphatic carbocycles. The summed E-state index contributed by atoms with van der Waals surface area (Å²) in [7, 11) is 3.19. The lowest BCUT2D eigenvalue weighted by atomic mass is 10.1. The Morgan fingerprint density at radius 1 is 1.00 bits per heavy atom. The molecule has 6 heteroatoms. The highest BCUT2D eigenvalue weighted by Crippen LogP contribution is 2.27. The molecule has 0 bridgehead atoms. The van der Waals surface area contributed by atoms with Gasteiger partial charge in [0.25, 0.3) is 0 Å². The van der Waals surface area contributed by atoms with Crippen molar-refractivity contribution in [1.82, 2.24) is 0 Å². The molecule has 132 valence electrons. The van der Waals surface area contributed by atoms with Crippen LogP contribution in [0.25, 0.3) is 0 Å². The number of hydrogen-bond acceptors (Lipinski definition) is 6. The average Bonchev–Trinajstić information content (AvgIpc) is 2.61. The van der Waals surface area contributed by atoms with E-state index in [1.165, 1.54) is 12.1 Å². The van der Waals surface area contributed by atoms with Crippen molar-refractivity contribution in [2.24, 2.45) is 9.98 Å². The number of aliphatic imine (C=N–C) groups is 2. The topological polar surface area (TPSA) is 83.6 Å². The molecule has 0 saturated carbocycles. The Balaban J connectivity index is 1.94. The Hall–Kier alpha value is -3.02. The van der Waals surface area contributed by atoms with E-state index >= 15 is 0 Å². The SMILES string of the molecule is COc1ccc(C=NCCN=C(C)c2ccc(O)cc2O)cc1OC. The van der Waals surface area contributed by atoms with Gasteiger partial charge < -0.3 is 19.7 Å². The molecule has 25 heavy (non-hydrogen) atoms. The summed E-state index contributed by atoms with van der Waals surface area (Å²) in [5.74, 6) is 1.36. The normalized spacial score (nSPS) is 11.7. The molecule has 0 radical (unpaired) electrons. The third-order valence-corrected chi connectivity index (χ3v) is 3.60. The first-order chi connectivity index (χ1) is 12.0. The van der Waals surface area contributed by atoms with Crippen LogP contribution >= 0.6 is 0 Å². The molecule has 0 aliphatic rings. The number of methoxy groups -OCH3 is 2. The molecule has 2 aromatic carbocycles. The summed E-state index contributed by atoms with van der Waals surface area (Å²) < 4.78 is 10.5. The Labute approximate surface area is 147 Å². The summed E-state index contributed by atoms with van der Waals surface area (Å²) in [5, 5.41) is 19.1. The van der Waals surface area contributed by atoms with E-state index in [0.29, 0.717) is 35.9 Å². The van der Waals surface area contributed by atoms with E-state index in [1.54, 1.807) is 26.5 Å². The molecule has 2 N–H and O–H groups in total. The van der Waals surface area contributed by atoms with Gasteiger partial charge >= 0.3 is 0 Å². The van der Waals surface area contributed by atoms with Crippen molar-refractivity contribution in [1.29, 1.82) is 0 Å². The molecule has 6 nitrogen and oxygen atoms in total. The first-order valence-electron chi connectivity index (χ1n) is 7.80. The van der Waals surface area contributed by atoms with Gasteiger partial charge in [0.2, 0.25) is 0 Å². The predicted octanol–water partition coefficient (Wildman–Crippen LogP) is 3.04.